The predicted molar refractivity (Wildman–Crippen MR) is 65.3 cm³/mol. The molecule has 0 aliphatic carbocycles. The molecule has 1 aliphatic heterocycles. The molecular weight excluding hydrogens is 276 g/mol. The maximum absolute atomic E-state index is 11.3. The molecule has 4 heteroatoms. The van der Waals surface area contributed by atoms with E-state index in [0.29, 0.717) is 0 Å². The summed E-state index contributed by atoms with van der Waals surface area (Å²) in [6, 6.07) is 5.79. The summed E-state index contributed by atoms with van der Waals surface area (Å²) < 4.78 is 0.227. The molecule has 2 rings (SSSR count). The summed E-state index contributed by atoms with van der Waals surface area (Å²) in [5.74, 6) is 0.102. The molecule has 0 radical (unpaired) electrons. The third-order valence-electron chi connectivity index (χ3n) is 2.78. The van der Waals surface area contributed by atoms with Crippen LogP contribution in [-0.2, 0) is 16.0 Å². The molecule has 15 heavy (non-hydrogen) atoms. The average Bonchev–Trinajstić information content (AvgIpc) is 2.20. The summed E-state index contributed by atoms with van der Waals surface area (Å²) in [7, 11) is 0. The van der Waals surface area contributed by atoms with Gasteiger partial charge in [-0.05, 0) is 36.3 Å². The van der Waals surface area contributed by atoms with Crippen molar-refractivity contribution in [3.05, 3.63) is 33.8 Å². The molecule has 1 aromatic rings. The first-order valence-electron chi connectivity index (χ1n) is 4.71. The van der Waals surface area contributed by atoms with Gasteiger partial charge in [-0.2, -0.15) is 0 Å². The van der Waals surface area contributed by atoms with E-state index < -0.39 is 10.7 Å². The predicted octanol–water partition coefficient (Wildman–Crippen LogP) is 3.04. The summed E-state index contributed by atoms with van der Waals surface area (Å²) in [6.45, 7) is 1.78. The summed E-state index contributed by atoms with van der Waals surface area (Å²) in [5.41, 5.74) is 2.07. The monoisotopic (exact) mass is 286 g/mol. The SMILES string of the molecule is CC1(C(=O)O)SCCc2c(Br)cccc21. The van der Waals surface area contributed by atoms with Crippen molar-refractivity contribution >= 4 is 33.7 Å². The largest absolute Gasteiger partial charge is 0.480 e. The summed E-state index contributed by atoms with van der Waals surface area (Å²) in [4.78, 5) is 11.3. The Morgan fingerprint density at radius 3 is 3.00 bits per heavy atom. The number of benzene rings is 1. The van der Waals surface area contributed by atoms with Crippen molar-refractivity contribution in [3.63, 3.8) is 0 Å². The molecule has 0 spiro atoms. The molecule has 0 bridgehead atoms. The van der Waals surface area contributed by atoms with Crippen LogP contribution in [0.2, 0.25) is 0 Å². The van der Waals surface area contributed by atoms with E-state index in [1.54, 1.807) is 6.92 Å². The van der Waals surface area contributed by atoms with Crippen molar-refractivity contribution in [2.45, 2.75) is 18.1 Å². The Morgan fingerprint density at radius 1 is 1.60 bits per heavy atom. The van der Waals surface area contributed by atoms with Crippen molar-refractivity contribution in [2.24, 2.45) is 0 Å². The molecular formula is C11H11BrO2S. The van der Waals surface area contributed by atoms with Crippen LogP contribution in [-0.4, -0.2) is 16.8 Å². The average molecular weight is 287 g/mol. The lowest BCUT2D eigenvalue weighted by Crippen LogP contribution is -2.33. The first-order chi connectivity index (χ1) is 7.05. The van der Waals surface area contributed by atoms with E-state index in [0.717, 1.165) is 27.8 Å². The highest BCUT2D eigenvalue weighted by Gasteiger charge is 2.40. The molecule has 1 aromatic carbocycles. The fourth-order valence-corrected chi connectivity index (χ4v) is 3.62. The molecule has 1 N–H and O–H groups in total. The number of carbonyl (C=O) groups is 1. The zero-order valence-electron chi connectivity index (χ0n) is 8.29. The number of aliphatic carboxylic acids is 1. The second-order valence-electron chi connectivity index (χ2n) is 3.70. The van der Waals surface area contributed by atoms with E-state index in [4.69, 9.17) is 0 Å². The van der Waals surface area contributed by atoms with E-state index in [-0.39, 0.29) is 0 Å². The van der Waals surface area contributed by atoms with Crippen LogP contribution in [0.1, 0.15) is 18.1 Å². The Bertz CT molecular complexity index is 419. The minimum Gasteiger partial charge on any atom is -0.480 e. The lowest BCUT2D eigenvalue weighted by atomic mass is 9.93. The minimum atomic E-state index is -0.794. The van der Waals surface area contributed by atoms with Crippen molar-refractivity contribution in [2.75, 3.05) is 5.75 Å². The number of rotatable bonds is 1. The van der Waals surface area contributed by atoms with Gasteiger partial charge in [-0.1, -0.05) is 28.1 Å². The zero-order valence-corrected chi connectivity index (χ0v) is 10.7. The molecule has 1 aliphatic rings. The molecule has 0 saturated carbocycles. The van der Waals surface area contributed by atoms with Crippen molar-refractivity contribution < 1.29 is 9.90 Å². The van der Waals surface area contributed by atoms with Gasteiger partial charge in [0.2, 0.25) is 0 Å². The van der Waals surface area contributed by atoms with Gasteiger partial charge in [-0.3, -0.25) is 4.79 Å². The Morgan fingerprint density at radius 2 is 2.33 bits per heavy atom. The van der Waals surface area contributed by atoms with E-state index in [1.165, 1.54) is 11.8 Å². The number of thioether (sulfide) groups is 1. The zero-order chi connectivity index (χ0) is 11.1. The summed E-state index contributed by atoms with van der Waals surface area (Å²) in [5, 5.41) is 9.30. The lowest BCUT2D eigenvalue weighted by Gasteiger charge is -2.32. The van der Waals surface area contributed by atoms with E-state index in [2.05, 4.69) is 15.9 Å². The normalized spacial score (nSPS) is 24.7. The highest BCUT2D eigenvalue weighted by molar-refractivity contribution is 9.10. The highest BCUT2D eigenvalue weighted by atomic mass is 79.9. The van der Waals surface area contributed by atoms with Crippen LogP contribution < -0.4 is 0 Å². The molecule has 0 amide bonds. The van der Waals surface area contributed by atoms with Crippen LogP contribution in [0, 0.1) is 0 Å². The maximum Gasteiger partial charge on any atom is 0.324 e. The standard InChI is InChI=1S/C11H11BrO2S/c1-11(10(13)14)8-3-2-4-9(12)7(8)5-6-15-11/h2-4H,5-6H2,1H3,(H,13,14). The smallest absolute Gasteiger partial charge is 0.324 e. The quantitative estimate of drug-likeness (QED) is 0.862. The van der Waals surface area contributed by atoms with Crippen LogP contribution >= 0.6 is 27.7 Å². The summed E-state index contributed by atoms with van der Waals surface area (Å²) >= 11 is 4.99. The Hall–Kier alpha value is -0.480. The minimum absolute atomic E-state index is 0.758. The van der Waals surface area contributed by atoms with Gasteiger partial charge in [-0.15, -0.1) is 11.8 Å². The van der Waals surface area contributed by atoms with Crippen LogP contribution in [0.4, 0.5) is 0 Å². The molecule has 0 fully saturated rings. The van der Waals surface area contributed by atoms with Gasteiger partial charge in [-0.25, -0.2) is 0 Å². The molecule has 0 saturated heterocycles. The third kappa shape index (κ3) is 1.70. The first-order valence-corrected chi connectivity index (χ1v) is 6.49. The van der Waals surface area contributed by atoms with E-state index in [1.807, 2.05) is 18.2 Å². The van der Waals surface area contributed by atoms with Gasteiger partial charge in [0.15, 0.2) is 0 Å². The number of fused-ring (bicyclic) bond motifs is 1. The van der Waals surface area contributed by atoms with E-state index >= 15 is 0 Å². The van der Waals surface area contributed by atoms with Gasteiger partial charge < -0.3 is 5.11 Å². The Kier molecular flexibility index (Phi) is 2.81. The van der Waals surface area contributed by atoms with Crippen molar-refractivity contribution in [1.29, 1.82) is 0 Å². The number of halogens is 1. The topological polar surface area (TPSA) is 37.3 Å². The number of carboxylic acid groups (broad SMARTS) is 1. The van der Waals surface area contributed by atoms with Gasteiger partial charge in [0.05, 0.1) is 0 Å². The number of hydrogen-bond acceptors (Lipinski definition) is 2. The van der Waals surface area contributed by atoms with Gasteiger partial charge in [0.25, 0.3) is 0 Å². The second kappa shape index (κ2) is 3.83. The number of carboxylic acids is 1. The van der Waals surface area contributed by atoms with Crippen molar-refractivity contribution in [1.82, 2.24) is 0 Å². The molecule has 1 atom stereocenters. The van der Waals surface area contributed by atoms with Crippen LogP contribution in [0.5, 0.6) is 0 Å². The summed E-state index contributed by atoms with van der Waals surface area (Å²) in [6.07, 6.45) is 0.935. The van der Waals surface area contributed by atoms with E-state index in [9.17, 15) is 9.90 Å². The molecule has 0 aromatic heterocycles. The maximum atomic E-state index is 11.3. The fourth-order valence-electron chi connectivity index (χ4n) is 1.87. The fraction of sp³-hybridized carbons (Fsp3) is 0.364. The van der Waals surface area contributed by atoms with Gasteiger partial charge >= 0.3 is 5.97 Å². The van der Waals surface area contributed by atoms with Crippen LogP contribution in [0.15, 0.2) is 22.7 Å². The van der Waals surface area contributed by atoms with Crippen LogP contribution in [0.25, 0.3) is 0 Å². The third-order valence-corrected chi connectivity index (χ3v) is 4.91. The van der Waals surface area contributed by atoms with Gasteiger partial charge in [0.1, 0.15) is 4.75 Å². The first kappa shape index (κ1) is 11.0. The molecule has 80 valence electrons. The molecule has 1 unspecified atom stereocenters. The number of hydrogen-bond donors (Lipinski definition) is 1. The highest BCUT2D eigenvalue weighted by Crippen LogP contribution is 2.44. The Balaban J connectivity index is 2.61. The van der Waals surface area contributed by atoms with Gasteiger partial charge in [0, 0.05) is 4.47 Å². The van der Waals surface area contributed by atoms with Crippen LogP contribution in [0.3, 0.4) is 0 Å². The second-order valence-corrected chi connectivity index (χ2v) is 6.07. The Labute approximate surface area is 101 Å². The molecule has 2 nitrogen and oxygen atoms in total. The van der Waals surface area contributed by atoms with Crippen molar-refractivity contribution in [3.8, 4) is 0 Å². The lowest BCUT2D eigenvalue weighted by molar-refractivity contribution is -0.139. The molecule has 1 heterocycles.